The molecule has 2 aromatic carbocycles. The summed E-state index contributed by atoms with van der Waals surface area (Å²) in [6, 6.07) is 20.4. The van der Waals surface area contributed by atoms with E-state index in [1.54, 1.807) is 19.2 Å². The van der Waals surface area contributed by atoms with E-state index in [1.165, 1.54) is 23.6 Å². The summed E-state index contributed by atoms with van der Waals surface area (Å²) in [7, 11) is 3.10. The summed E-state index contributed by atoms with van der Waals surface area (Å²) in [5, 5.41) is 1.18. The second kappa shape index (κ2) is 10.3. The van der Waals surface area contributed by atoms with Crippen LogP contribution in [0.4, 0.5) is 0 Å². The van der Waals surface area contributed by atoms with Crippen LogP contribution in [0.1, 0.15) is 45.8 Å². The van der Waals surface area contributed by atoms with Crippen LogP contribution in [0.15, 0.2) is 73.1 Å². The molecular weight excluding hydrogens is 438 g/mol. The summed E-state index contributed by atoms with van der Waals surface area (Å²) in [6.07, 6.45) is 6.45. The van der Waals surface area contributed by atoms with Gasteiger partial charge >= 0.3 is 5.97 Å². The third-order valence-corrected chi connectivity index (χ3v) is 6.97. The average Bonchev–Trinajstić information content (AvgIpc) is 3.31. The van der Waals surface area contributed by atoms with Crippen molar-refractivity contribution in [3.8, 4) is 5.75 Å². The van der Waals surface area contributed by atoms with Gasteiger partial charge in [0.05, 0.1) is 19.8 Å². The van der Waals surface area contributed by atoms with Crippen LogP contribution in [0.5, 0.6) is 5.75 Å². The van der Waals surface area contributed by atoms with E-state index >= 15 is 0 Å². The second-order valence-corrected chi connectivity index (χ2v) is 9.21. The molecule has 0 N–H and O–H groups in total. The van der Waals surface area contributed by atoms with Crippen LogP contribution in [-0.4, -0.2) is 47.7 Å². The fourth-order valence-corrected chi connectivity index (χ4v) is 4.92. The maximum absolute atomic E-state index is 11.7. The minimum absolute atomic E-state index is 0.316. The number of carbonyl (C=O) groups is 1. The number of benzene rings is 2. The number of nitrogens with zero attached hydrogens (tertiary/aromatic N) is 3. The summed E-state index contributed by atoms with van der Waals surface area (Å²) in [6.45, 7) is 3.88. The van der Waals surface area contributed by atoms with Gasteiger partial charge in [-0.25, -0.2) is 9.78 Å². The van der Waals surface area contributed by atoms with Crippen LogP contribution < -0.4 is 4.74 Å². The normalized spacial score (nSPS) is 14.8. The minimum atomic E-state index is -0.316. The summed E-state index contributed by atoms with van der Waals surface area (Å²) >= 11 is 0. The number of pyridine rings is 1. The first kappa shape index (κ1) is 23.1. The van der Waals surface area contributed by atoms with Crippen molar-refractivity contribution < 1.29 is 14.3 Å². The van der Waals surface area contributed by atoms with Gasteiger partial charge in [-0.15, -0.1) is 0 Å². The SMILES string of the molecule is COC(=O)c1ccc(Cn2ccc3cc(C4CCN(Cc5ccc(OC)cc5)CC4)cnc32)cc1. The van der Waals surface area contributed by atoms with Crippen LogP contribution in [0, 0.1) is 0 Å². The maximum atomic E-state index is 11.7. The monoisotopic (exact) mass is 469 g/mol. The molecule has 0 unspecified atom stereocenters. The Hall–Kier alpha value is -3.64. The average molecular weight is 470 g/mol. The van der Waals surface area contributed by atoms with E-state index in [0.29, 0.717) is 18.0 Å². The Kier molecular flexibility index (Phi) is 6.82. The highest BCUT2D eigenvalue weighted by atomic mass is 16.5. The fourth-order valence-electron chi connectivity index (χ4n) is 4.92. The van der Waals surface area contributed by atoms with E-state index in [-0.39, 0.29) is 5.97 Å². The minimum Gasteiger partial charge on any atom is -0.497 e. The van der Waals surface area contributed by atoms with Gasteiger partial charge in [-0.2, -0.15) is 0 Å². The highest BCUT2D eigenvalue weighted by Crippen LogP contribution is 2.30. The molecule has 35 heavy (non-hydrogen) atoms. The molecule has 3 heterocycles. The molecule has 5 rings (SSSR count). The van der Waals surface area contributed by atoms with Crippen LogP contribution in [0.2, 0.25) is 0 Å². The summed E-state index contributed by atoms with van der Waals surface area (Å²) < 4.78 is 12.2. The van der Waals surface area contributed by atoms with Crippen molar-refractivity contribution in [3.63, 3.8) is 0 Å². The molecule has 0 spiro atoms. The molecule has 0 saturated carbocycles. The first-order valence-corrected chi connectivity index (χ1v) is 12.1. The topological polar surface area (TPSA) is 56.6 Å². The summed E-state index contributed by atoms with van der Waals surface area (Å²) in [5.74, 6) is 1.14. The van der Waals surface area contributed by atoms with Crippen molar-refractivity contribution in [1.29, 1.82) is 0 Å². The highest BCUT2D eigenvalue weighted by molar-refractivity contribution is 5.89. The Morgan fingerprint density at radius 3 is 2.31 bits per heavy atom. The number of esters is 1. The van der Waals surface area contributed by atoms with E-state index in [9.17, 15) is 4.79 Å². The fraction of sp³-hybridized carbons (Fsp3) is 0.310. The predicted octanol–water partition coefficient (Wildman–Crippen LogP) is 5.26. The quantitative estimate of drug-likeness (QED) is 0.346. The number of fused-ring (bicyclic) bond motifs is 1. The highest BCUT2D eigenvalue weighted by Gasteiger charge is 2.21. The van der Waals surface area contributed by atoms with Crippen molar-refractivity contribution in [3.05, 3.63) is 95.3 Å². The van der Waals surface area contributed by atoms with Gasteiger partial charge in [-0.05, 0) is 84.9 Å². The van der Waals surface area contributed by atoms with Crippen molar-refractivity contribution >= 4 is 17.0 Å². The molecule has 0 bridgehead atoms. The third-order valence-electron chi connectivity index (χ3n) is 6.97. The summed E-state index contributed by atoms with van der Waals surface area (Å²) in [4.78, 5) is 19.0. The Bertz CT molecular complexity index is 1290. The van der Waals surface area contributed by atoms with E-state index in [2.05, 4.69) is 46.1 Å². The Morgan fingerprint density at radius 1 is 0.943 bits per heavy atom. The van der Waals surface area contributed by atoms with Gasteiger partial charge in [-0.1, -0.05) is 24.3 Å². The molecule has 0 amide bonds. The number of rotatable bonds is 7. The number of methoxy groups -OCH3 is 2. The van der Waals surface area contributed by atoms with Crippen molar-refractivity contribution in [1.82, 2.24) is 14.5 Å². The molecule has 0 aliphatic carbocycles. The molecule has 0 radical (unpaired) electrons. The molecule has 1 aliphatic rings. The lowest BCUT2D eigenvalue weighted by atomic mass is 9.90. The zero-order valence-corrected chi connectivity index (χ0v) is 20.3. The molecule has 180 valence electrons. The first-order valence-electron chi connectivity index (χ1n) is 12.1. The second-order valence-electron chi connectivity index (χ2n) is 9.21. The van der Waals surface area contributed by atoms with Crippen LogP contribution in [-0.2, 0) is 17.8 Å². The Labute approximate surface area is 206 Å². The lowest BCUT2D eigenvalue weighted by molar-refractivity contribution is 0.0600. The zero-order chi connectivity index (χ0) is 24.2. The lowest BCUT2D eigenvalue weighted by Gasteiger charge is -2.32. The van der Waals surface area contributed by atoms with Gasteiger partial charge in [0.1, 0.15) is 11.4 Å². The van der Waals surface area contributed by atoms with E-state index < -0.39 is 0 Å². The van der Waals surface area contributed by atoms with Gasteiger partial charge in [0.25, 0.3) is 0 Å². The van der Waals surface area contributed by atoms with Gasteiger partial charge in [0.15, 0.2) is 0 Å². The lowest BCUT2D eigenvalue weighted by Crippen LogP contribution is -2.32. The van der Waals surface area contributed by atoms with Crippen molar-refractivity contribution in [2.24, 2.45) is 0 Å². The largest absolute Gasteiger partial charge is 0.497 e. The molecule has 6 heteroatoms. The van der Waals surface area contributed by atoms with Gasteiger partial charge in [-0.3, -0.25) is 4.90 Å². The van der Waals surface area contributed by atoms with E-state index in [0.717, 1.165) is 49.4 Å². The van der Waals surface area contributed by atoms with E-state index in [4.69, 9.17) is 14.5 Å². The standard InChI is InChI=1S/C29H31N3O3/c1-34-27-9-5-21(6-10-27)19-31-14-11-23(12-15-31)26-17-25-13-16-32(28(25)30-18-26)20-22-3-7-24(8-4-22)29(33)35-2/h3-10,13,16-18,23H,11-12,14-15,19-20H2,1-2H3. The van der Waals surface area contributed by atoms with Crippen LogP contribution in [0.25, 0.3) is 11.0 Å². The number of aromatic nitrogens is 2. The smallest absolute Gasteiger partial charge is 0.337 e. The third kappa shape index (κ3) is 5.23. The van der Waals surface area contributed by atoms with Crippen molar-refractivity contribution in [2.75, 3.05) is 27.3 Å². The van der Waals surface area contributed by atoms with E-state index in [1.807, 2.05) is 24.3 Å². The molecule has 4 aromatic rings. The number of piperidine rings is 1. The van der Waals surface area contributed by atoms with Crippen molar-refractivity contribution in [2.45, 2.75) is 31.8 Å². The molecule has 1 fully saturated rings. The number of ether oxygens (including phenoxy) is 2. The van der Waals surface area contributed by atoms with Gasteiger partial charge in [0, 0.05) is 30.9 Å². The van der Waals surface area contributed by atoms with Gasteiger partial charge in [0.2, 0.25) is 0 Å². The number of carbonyl (C=O) groups excluding carboxylic acids is 1. The molecule has 1 saturated heterocycles. The number of hydrogen-bond acceptors (Lipinski definition) is 5. The molecule has 6 nitrogen and oxygen atoms in total. The Balaban J connectivity index is 1.21. The number of hydrogen-bond donors (Lipinski definition) is 0. The van der Waals surface area contributed by atoms with Crippen LogP contribution >= 0.6 is 0 Å². The Morgan fingerprint density at radius 2 is 1.63 bits per heavy atom. The van der Waals surface area contributed by atoms with Gasteiger partial charge < -0.3 is 14.0 Å². The maximum Gasteiger partial charge on any atom is 0.337 e. The predicted molar refractivity (Wildman–Crippen MR) is 137 cm³/mol. The zero-order valence-electron chi connectivity index (χ0n) is 20.3. The first-order chi connectivity index (χ1) is 17.1. The number of likely N-dealkylation sites (tertiary alicyclic amines) is 1. The molecule has 2 aromatic heterocycles. The molecule has 0 atom stereocenters. The summed E-state index contributed by atoms with van der Waals surface area (Å²) in [5.41, 5.74) is 5.33. The molecule has 1 aliphatic heterocycles. The van der Waals surface area contributed by atoms with Crippen LogP contribution in [0.3, 0.4) is 0 Å². The molecular formula is C29H31N3O3.